The summed E-state index contributed by atoms with van der Waals surface area (Å²) in [6.45, 7) is 2.13. The molecule has 3 rings (SSSR count). The summed E-state index contributed by atoms with van der Waals surface area (Å²) in [6, 6.07) is 13.3. The number of aromatic nitrogens is 1. The number of benzene rings is 2. The van der Waals surface area contributed by atoms with Gasteiger partial charge in [0.05, 0.1) is 6.21 Å². The molecule has 4 nitrogen and oxygen atoms in total. The molecule has 0 saturated heterocycles. The zero-order valence-corrected chi connectivity index (χ0v) is 14.2. The third-order valence-corrected chi connectivity index (χ3v) is 4.22. The Balaban J connectivity index is 1.76. The number of aromatic amines is 1. The average molecular weight is 370 g/mol. The second-order valence-electron chi connectivity index (χ2n) is 5.14. The van der Waals surface area contributed by atoms with Crippen molar-refractivity contribution in [1.29, 1.82) is 0 Å². The standard InChI is InChI=1S/C18H16BrN3O/c1-2-12-4-3-5-16-14(10-20-17(12)16)11-21-22-18(23)13-6-8-15(19)9-7-13/h3-11,20H,2H2,1H3,(H,22,23)/b21-11+. The number of carbonyl (C=O) groups excluding carboxylic acids is 1. The van der Waals surface area contributed by atoms with Gasteiger partial charge in [-0.15, -0.1) is 0 Å². The minimum Gasteiger partial charge on any atom is -0.360 e. The SMILES string of the molecule is CCc1cccc2c(/C=N/NC(=O)c3ccc(Br)cc3)c[nH]c12. The lowest BCUT2D eigenvalue weighted by atomic mass is 10.1. The van der Waals surface area contributed by atoms with Crippen LogP contribution in [0.25, 0.3) is 10.9 Å². The molecule has 0 radical (unpaired) electrons. The quantitative estimate of drug-likeness (QED) is 0.523. The number of carbonyl (C=O) groups is 1. The highest BCUT2D eigenvalue weighted by molar-refractivity contribution is 9.10. The monoisotopic (exact) mass is 369 g/mol. The van der Waals surface area contributed by atoms with E-state index in [0.29, 0.717) is 5.56 Å². The van der Waals surface area contributed by atoms with Crippen molar-refractivity contribution < 1.29 is 4.79 Å². The fraction of sp³-hybridized carbons (Fsp3) is 0.111. The molecule has 0 bridgehead atoms. The zero-order chi connectivity index (χ0) is 16.2. The van der Waals surface area contributed by atoms with Crippen LogP contribution in [-0.2, 0) is 6.42 Å². The molecule has 0 atom stereocenters. The third-order valence-electron chi connectivity index (χ3n) is 3.69. The molecule has 0 aliphatic rings. The van der Waals surface area contributed by atoms with Crippen LogP contribution in [0.2, 0.25) is 0 Å². The Morgan fingerprint density at radius 3 is 2.78 bits per heavy atom. The average Bonchev–Trinajstić information content (AvgIpc) is 2.98. The topological polar surface area (TPSA) is 57.2 Å². The second kappa shape index (κ2) is 6.79. The number of hydrogen-bond donors (Lipinski definition) is 2. The van der Waals surface area contributed by atoms with E-state index in [0.717, 1.165) is 27.4 Å². The van der Waals surface area contributed by atoms with Crippen LogP contribution in [0.15, 0.2) is 58.2 Å². The van der Waals surface area contributed by atoms with Crippen LogP contribution < -0.4 is 5.43 Å². The highest BCUT2D eigenvalue weighted by Crippen LogP contribution is 2.20. The van der Waals surface area contributed by atoms with E-state index in [1.54, 1.807) is 18.3 Å². The van der Waals surface area contributed by atoms with Gasteiger partial charge < -0.3 is 4.98 Å². The van der Waals surface area contributed by atoms with E-state index in [4.69, 9.17) is 0 Å². The molecule has 0 spiro atoms. The summed E-state index contributed by atoms with van der Waals surface area (Å²) in [5.41, 5.74) is 6.45. The molecule has 2 aromatic carbocycles. The normalized spacial score (nSPS) is 11.2. The Kier molecular flexibility index (Phi) is 4.57. The molecule has 0 fully saturated rings. The molecular formula is C18H16BrN3O. The maximum Gasteiger partial charge on any atom is 0.271 e. The largest absolute Gasteiger partial charge is 0.360 e. The van der Waals surface area contributed by atoms with Crippen molar-refractivity contribution in [2.45, 2.75) is 13.3 Å². The molecule has 23 heavy (non-hydrogen) atoms. The molecule has 3 aromatic rings. The predicted octanol–water partition coefficient (Wildman–Crippen LogP) is 4.26. The number of rotatable bonds is 4. The molecule has 0 saturated carbocycles. The fourth-order valence-corrected chi connectivity index (χ4v) is 2.73. The van der Waals surface area contributed by atoms with Crippen LogP contribution in [0.3, 0.4) is 0 Å². The first kappa shape index (κ1) is 15.5. The van der Waals surface area contributed by atoms with Gasteiger partial charge in [0.15, 0.2) is 0 Å². The van der Waals surface area contributed by atoms with Gasteiger partial charge in [0.2, 0.25) is 0 Å². The lowest BCUT2D eigenvalue weighted by Crippen LogP contribution is -2.17. The van der Waals surface area contributed by atoms with Crippen molar-refractivity contribution in [1.82, 2.24) is 10.4 Å². The van der Waals surface area contributed by atoms with Crippen LogP contribution in [0.1, 0.15) is 28.4 Å². The minimum atomic E-state index is -0.233. The van der Waals surface area contributed by atoms with Crippen LogP contribution >= 0.6 is 15.9 Å². The molecular weight excluding hydrogens is 354 g/mol. The number of H-pyrrole nitrogens is 1. The zero-order valence-electron chi connectivity index (χ0n) is 12.6. The smallest absolute Gasteiger partial charge is 0.271 e. The van der Waals surface area contributed by atoms with Crippen molar-refractivity contribution in [3.63, 3.8) is 0 Å². The maximum absolute atomic E-state index is 12.0. The van der Waals surface area contributed by atoms with Gasteiger partial charge in [-0.25, -0.2) is 5.43 Å². The Bertz CT molecular complexity index is 866. The third kappa shape index (κ3) is 3.35. The summed E-state index contributed by atoms with van der Waals surface area (Å²) in [4.78, 5) is 15.3. The van der Waals surface area contributed by atoms with Crippen LogP contribution in [0.5, 0.6) is 0 Å². The number of para-hydroxylation sites is 1. The summed E-state index contributed by atoms with van der Waals surface area (Å²) >= 11 is 3.34. The molecule has 2 N–H and O–H groups in total. The van der Waals surface area contributed by atoms with Gasteiger partial charge in [0.25, 0.3) is 5.91 Å². The fourth-order valence-electron chi connectivity index (χ4n) is 2.47. The lowest BCUT2D eigenvalue weighted by molar-refractivity contribution is 0.0955. The first-order valence-corrected chi connectivity index (χ1v) is 8.16. The predicted molar refractivity (Wildman–Crippen MR) is 96.9 cm³/mol. The molecule has 1 heterocycles. The maximum atomic E-state index is 12.0. The number of aryl methyl sites for hydroxylation is 1. The number of halogens is 1. The van der Waals surface area contributed by atoms with Gasteiger partial charge in [-0.05, 0) is 36.2 Å². The van der Waals surface area contributed by atoms with E-state index in [-0.39, 0.29) is 5.91 Å². The lowest BCUT2D eigenvalue weighted by Gasteiger charge is -2.00. The van der Waals surface area contributed by atoms with Crippen molar-refractivity contribution in [2.24, 2.45) is 5.10 Å². The minimum absolute atomic E-state index is 0.233. The molecule has 116 valence electrons. The van der Waals surface area contributed by atoms with Gasteiger partial charge in [-0.1, -0.05) is 41.1 Å². The summed E-state index contributed by atoms with van der Waals surface area (Å²) < 4.78 is 0.933. The number of hydrogen-bond acceptors (Lipinski definition) is 2. The Labute approximate surface area is 142 Å². The van der Waals surface area contributed by atoms with Crippen molar-refractivity contribution in [2.75, 3.05) is 0 Å². The Morgan fingerprint density at radius 1 is 1.26 bits per heavy atom. The summed E-state index contributed by atoms with van der Waals surface area (Å²) in [6.07, 6.45) is 4.53. The van der Waals surface area contributed by atoms with Gasteiger partial charge in [0, 0.05) is 32.7 Å². The van der Waals surface area contributed by atoms with Gasteiger partial charge >= 0.3 is 0 Å². The van der Waals surface area contributed by atoms with Crippen molar-refractivity contribution >= 4 is 39.0 Å². The Morgan fingerprint density at radius 2 is 2.04 bits per heavy atom. The molecule has 0 aliphatic heterocycles. The molecule has 1 amide bonds. The Hall–Kier alpha value is -2.40. The molecule has 1 aromatic heterocycles. The van der Waals surface area contributed by atoms with E-state index in [1.807, 2.05) is 30.5 Å². The molecule has 0 unspecified atom stereocenters. The molecule has 0 aliphatic carbocycles. The highest BCUT2D eigenvalue weighted by atomic mass is 79.9. The van der Waals surface area contributed by atoms with E-state index in [1.165, 1.54) is 5.56 Å². The van der Waals surface area contributed by atoms with Gasteiger partial charge in [-0.2, -0.15) is 5.10 Å². The van der Waals surface area contributed by atoms with E-state index < -0.39 is 0 Å². The first-order valence-electron chi connectivity index (χ1n) is 7.37. The highest BCUT2D eigenvalue weighted by Gasteiger charge is 2.06. The number of nitrogens with zero attached hydrogens (tertiary/aromatic N) is 1. The van der Waals surface area contributed by atoms with E-state index in [2.05, 4.69) is 44.4 Å². The summed E-state index contributed by atoms with van der Waals surface area (Å²) in [7, 11) is 0. The van der Waals surface area contributed by atoms with Crippen molar-refractivity contribution in [3.05, 3.63) is 69.8 Å². The van der Waals surface area contributed by atoms with Crippen LogP contribution in [-0.4, -0.2) is 17.1 Å². The number of nitrogens with one attached hydrogen (secondary N) is 2. The van der Waals surface area contributed by atoms with E-state index in [9.17, 15) is 4.79 Å². The first-order chi connectivity index (χ1) is 11.2. The second-order valence-corrected chi connectivity index (χ2v) is 6.06. The van der Waals surface area contributed by atoms with Gasteiger partial charge in [-0.3, -0.25) is 4.79 Å². The summed E-state index contributed by atoms with van der Waals surface area (Å²) in [5, 5.41) is 5.16. The van der Waals surface area contributed by atoms with Gasteiger partial charge in [0.1, 0.15) is 0 Å². The summed E-state index contributed by atoms with van der Waals surface area (Å²) in [5.74, 6) is -0.233. The number of amides is 1. The van der Waals surface area contributed by atoms with Crippen molar-refractivity contribution in [3.8, 4) is 0 Å². The van der Waals surface area contributed by atoms with Crippen LogP contribution in [0.4, 0.5) is 0 Å². The van der Waals surface area contributed by atoms with E-state index >= 15 is 0 Å². The molecule has 5 heteroatoms. The number of hydrazone groups is 1. The van der Waals surface area contributed by atoms with Crippen LogP contribution in [0, 0.1) is 0 Å². The number of fused-ring (bicyclic) bond motifs is 1.